The van der Waals surface area contributed by atoms with Crippen LogP contribution >= 0.6 is 0 Å². The van der Waals surface area contributed by atoms with E-state index >= 15 is 0 Å². The average Bonchev–Trinajstić information content (AvgIpc) is 2.46. The molecular weight excluding hydrogens is 248 g/mol. The lowest BCUT2D eigenvalue weighted by atomic mass is 9.93. The summed E-state index contributed by atoms with van der Waals surface area (Å²) in [5.41, 5.74) is 0.432. The van der Waals surface area contributed by atoms with Gasteiger partial charge in [-0.1, -0.05) is 12.1 Å². The Morgan fingerprint density at radius 3 is 2.53 bits per heavy atom. The number of halogens is 2. The van der Waals surface area contributed by atoms with Crippen molar-refractivity contribution in [1.82, 2.24) is 15.1 Å². The third kappa shape index (κ3) is 2.26. The molecule has 3 fully saturated rings. The van der Waals surface area contributed by atoms with E-state index < -0.39 is 11.6 Å². The largest absolute Gasteiger partial charge is 0.312 e. The molecule has 2 atom stereocenters. The first-order chi connectivity index (χ1) is 9.20. The van der Waals surface area contributed by atoms with Crippen molar-refractivity contribution in [2.24, 2.45) is 0 Å². The normalized spacial score (nSPS) is 31.4. The Morgan fingerprint density at radius 2 is 1.95 bits per heavy atom. The number of benzene rings is 1. The van der Waals surface area contributed by atoms with E-state index in [1.54, 1.807) is 12.1 Å². The van der Waals surface area contributed by atoms with Crippen LogP contribution < -0.4 is 5.32 Å². The summed E-state index contributed by atoms with van der Waals surface area (Å²) in [4.78, 5) is 4.78. The van der Waals surface area contributed by atoms with Gasteiger partial charge < -0.3 is 5.32 Å². The summed E-state index contributed by atoms with van der Waals surface area (Å²) < 4.78 is 27.4. The van der Waals surface area contributed by atoms with Gasteiger partial charge in [0.2, 0.25) is 0 Å². The van der Waals surface area contributed by atoms with Gasteiger partial charge >= 0.3 is 0 Å². The van der Waals surface area contributed by atoms with Gasteiger partial charge in [0.15, 0.2) is 11.6 Å². The molecule has 3 heterocycles. The number of piperazine rings is 3. The Balaban J connectivity index is 1.90. The predicted molar refractivity (Wildman–Crippen MR) is 70.0 cm³/mol. The summed E-state index contributed by atoms with van der Waals surface area (Å²) in [7, 11) is 1.81. The Labute approximate surface area is 112 Å². The number of hydrogen-bond acceptors (Lipinski definition) is 3. The molecule has 1 aromatic carbocycles. The van der Waals surface area contributed by atoms with E-state index in [-0.39, 0.29) is 12.1 Å². The van der Waals surface area contributed by atoms with E-state index in [0.717, 1.165) is 32.7 Å². The Hall–Kier alpha value is -1.04. The van der Waals surface area contributed by atoms with Gasteiger partial charge in [0.1, 0.15) is 0 Å². The maximum Gasteiger partial charge on any atom is 0.163 e. The van der Waals surface area contributed by atoms with Crippen molar-refractivity contribution < 1.29 is 8.78 Å². The first-order valence-corrected chi connectivity index (χ1v) is 6.78. The molecule has 0 aliphatic carbocycles. The summed E-state index contributed by atoms with van der Waals surface area (Å²) in [5, 5.41) is 3.17. The van der Waals surface area contributed by atoms with E-state index in [9.17, 15) is 8.78 Å². The Kier molecular flexibility index (Phi) is 3.52. The molecule has 0 spiro atoms. The fourth-order valence-electron chi connectivity index (χ4n) is 3.29. The van der Waals surface area contributed by atoms with E-state index in [1.165, 1.54) is 6.07 Å². The molecule has 3 nitrogen and oxygen atoms in total. The van der Waals surface area contributed by atoms with Gasteiger partial charge in [-0.05, 0) is 13.1 Å². The van der Waals surface area contributed by atoms with Gasteiger partial charge in [-0.2, -0.15) is 0 Å². The van der Waals surface area contributed by atoms with Crippen LogP contribution in [0.1, 0.15) is 11.6 Å². The zero-order valence-electron chi connectivity index (χ0n) is 11.1. The highest BCUT2D eigenvalue weighted by Crippen LogP contribution is 2.29. The highest BCUT2D eigenvalue weighted by Gasteiger charge is 2.37. The molecule has 0 radical (unpaired) electrons. The van der Waals surface area contributed by atoms with Crippen LogP contribution in [0.5, 0.6) is 0 Å². The lowest BCUT2D eigenvalue weighted by Crippen LogP contribution is -2.63. The minimum Gasteiger partial charge on any atom is -0.312 e. The number of fused-ring (bicyclic) bond motifs is 3. The molecule has 4 rings (SSSR count). The van der Waals surface area contributed by atoms with Gasteiger partial charge in [0.25, 0.3) is 0 Å². The lowest BCUT2D eigenvalue weighted by molar-refractivity contribution is -0.00311. The third-order valence-corrected chi connectivity index (χ3v) is 4.33. The van der Waals surface area contributed by atoms with Crippen molar-refractivity contribution in [3.8, 4) is 0 Å². The molecule has 0 saturated carbocycles. The highest BCUT2D eigenvalue weighted by molar-refractivity contribution is 5.24. The van der Waals surface area contributed by atoms with Gasteiger partial charge in [0.05, 0.1) is 6.04 Å². The van der Waals surface area contributed by atoms with Crippen LogP contribution in [0.2, 0.25) is 0 Å². The first-order valence-electron chi connectivity index (χ1n) is 6.78. The molecule has 2 bridgehead atoms. The molecule has 5 heteroatoms. The van der Waals surface area contributed by atoms with Crippen molar-refractivity contribution in [1.29, 1.82) is 0 Å². The van der Waals surface area contributed by atoms with Crippen LogP contribution in [0.4, 0.5) is 8.78 Å². The molecule has 1 N–H and O–H groups in total. The van der Waals surface area contributed by atoms with Gasteiger partial charge in [-0.25, -0.2) is 8.78 Å². The Morgan fingerprint density at radius 1 is 1.21 bits per heavy atom. The second kappa shape index (κ2) is 5.15. The Bertz CT molecular complexity index is 458. The quantitative estimate of drug-likeness (QED) is 0.888. The maximum atomic E-state index is 14.0. The minimum absolute atomic E-state index is 0.168. The molecular formula is C14H19F2N3. The summed E-state index contributed by atoms with van der Waals surface area (Å²) in [5.74, 6) is -1.49. The van der Waals surface area contributed by atoms with E-state index in [1.807, 2.05) is 7.05 Å². The number of hydrogen-bond donors (Lipinski definition) is 1. The number of rotatable bonds is 3. The monoisotopic (exact) mass is 267 g/mol. The average molecular weight is 267 g/mol. The lowest BCUT2D eigenvalue weighted by Gasteiger charge is -2.50. The second-order valence-electron chi connectivity index (χ2n) is 5.31. The number of likely N-dealkylation sites (N-methyl/N-ethyl adjacent to an activating group) is 1. The molecule has 1 aromatic rings. The van der Waals surface area contributed by atoms with E-state index in [2.05, 4.69) is 15.1 Å². The molecule has 0 aromatic heterocycles. The van der Waals surface area contributed by atoms with Crippen LogP contribution in [-0.2, 0) is 0 Å². The highest BCUT2D eigenvalue weighted by atomic mass is 19.2. The van der Waals surface area contributed by atoms with Gasteiger partial charge in [0, 0.05) is 44.3 Å². The predicted octanol–water partition coefficient (Wildman–Crippen LogP) is 1.23. The SMILES string of the molecule is CNC(c1cccc(F)c1F)C1CN2CCN1CC2. The molecule has 3 aliphatic rings. The van der Waals surface area contributed by atoms with Gasteiger partial charge in [-0.15, -0.1) is 0 Å². The molecule has 2 unspecified atom stereocenters. The smallest absolute Gasteiger partial charge is 0.163 e. The maximum absolute atomic E-state index is 14.0. The molecule has 19 heavy (non-hydrogen) atoms. The topological polar surface area (TPSA) is 18.5 Å². The third-order valence-electron chi connectivity index (χ3n) is 4.33. The summed E-state index contributed by atoms with van der Waals surface area (Å²) in [6, 6.07) is 4.47. The van der Waals surface area contributed by atoms with Gasteiger partial charge in [-0.3, -0.25) is 9.80 Å². The van der Waals surface area contributed by atoms with Crippen molar-refractivity contribution in [2.45, 2.75) is 12.1 Å². The zero-order valence-corrected chi connectivity index (χ0v) is 11.1. The number of nitrogens with one attached hydrogen (secondary N) is 1. The van der Waals surface area contributed by atoms with Crippen LogP contribution in [0.15, 0.2) is 18.2 Å². The van der Waals surface area contributed by atoms with Crippen LogP contribution in [-0.4, -0.2) is 55.6 Å². The van der Waals surface area contributed by atoms with Crippen LogP contribution in [0, 0.1) is 11.6 Å². The van der Waals surface area contributed by atoms with E-state index in [4.69, 9.17) is 0 Å². The first kappa shape index (κ1) is 13.0. The minimum atomic E-state index is -0.769. The van der Waals surface area contributed by atoms with E-state index in [0.29, 0.717) is 5.56 Å². The summed E-state index contributed by atoms with van der Waals surface area (Å²) >= 11 is 0. The molecule has 104 valence electrons. The van der Waals surface area contributed by atoms with Crippen LogP contribution in [0.25, 0.3) is 0 Å². The molecule has 3 saturated heterocycles. The van der Waals surface area contributed by atoms with Crippen molar-refractivity contribution >= 4 is 0 Å². The van der Waals surface area contributed by atoms with Crippen molar-refractivity contribution in [3.63, 3.8) is 0 Å². The number of nitrogens with zero attached hydrogens (tertiary/aromatic N) is 2. The molecule has 0 amide bonds. The van der Waals surface area contributed by atoms with Crippen molar-refractivity contribution in [3.05, 3.63) is 35.4 Å². The standard InChI is InChI=1S/C14H19F2N3/c1-17-14(10-3-2-4-11(15)13(10)16)12-9-18-5-7-19(12)8-6-18/h2-4,12,14,17H,5-9H2,1H3. The fraction of sp³-hybridized carbons (Fsp3) is 0.571. The summed E-state index contributed by atoms with van der Waals surface area (Å²) in [6.45, 7) is 5.11. The van der Waals surface area contributed by atoms with Crippen LogP contribution in [0.3, 0.4) is 0 Å². The zero-order chi connectivity index (χ0) is 13.4. The van der Waals surface area contributed by atoms with Crippen molar-refractivity contribution in [2.75, 3.05) is 39.8 Å². The molecule has 3 aliphatic heterocycles. The summed E-state index contributed by atoms with van der Waals surface area (Å²) in [6.07, 6.45) is 0. The second-order valence-corrected chi connectivity index (χ2v) is 5.31. The fourth-order valence-corrected chi connectivity index (χ4v) is 3.29.